The molecular weight excluding hydrogens is 657 g/mol. The Hall–Kier alpha value is -1.44. The molecule has 2 aromatic rings. The highest BCUT2D eigenvalue weighted by atomic mass is 35.5. The lowest BCUT2D eigenvalue weighted by Crippen LogP contribution is -2.26. The summed E-state index contributed by atoms with van der Waals surface area (Å²) in [6.45, 7) is 13.5. The monoisotopic (exact) mass is 725 g/mol. The maximum absolute atomic E-state index is 12.5. The Bertz CT molecular complexity index is 1050. The van der Waals surface area contributed by atoms with Gasteiger partial charge in [-0.1, -0.05) is 178 Å². The van der Waals surface area contributed by atoms with E-state index < -0.39 is 13.9 Å². The second kappa shape index (κ2) is 31.3. The van der Waals surface area contributed by atoms with E-state index in [4.69, 9.17) is 30.1 Å². The van der Waals surface area contributed by atoms with E-state index in [0.29, 0.717) is 13.2 Å². The molecule has 1 unspecified atom stereocenters. The molecule has 0 fully saturated rings. The molecule has 0 aromatic heterocycles. The quantitative estimate of drug-likeness (QED) is 0.0634. The number of hydrogen-bond donors (Lipinski definition) is 1. The Morgan fingerprint density at radius 2 is 1.16 bits per heavy atom. The van der Waals surface area contributed by atoms with Crippen molar-refractivity contribution in [2.24, 2.45) is 0 Å². The van der Waals surface area contributed by atoms with Gasteiger partial charge in [-0.15, -0.1) is 0 Å². The van der Waals surface area contributed by atoms with Gasteiger partial charge < -0.3 is 18.9 Å². The predicted molar refractivity (Wildman–Crippen MR) is 207 cm³/mol. The largest absolute Gasteiger partial charge is 0.527 e. The van der Waals surface area contributed by atoms with Gasteiger partial charge in [-0.25, -0.2) is 4.57 Å². The van der Waals surface area contributed by atoms with Crippen LogP contribution in [0.5, 0.6) is 5.75 Å². The fourth-order valence-electron chi connectivity index (χ4n) is 5.42. The Labute approximate surface area is 305 Å². The minimum absolute atomic E-state index is 0.0894. The van der Waals surface area contributed by atoms with Gasteiger partial charge in [0.2, 0.25) is 0 Å². The van der Waals surface area contributed by atoms with Gasteiger partial charge in [0.05, 0.1) is 24.8 Å². The van der Waals surface area contributed by atoms with Gasteiger partial charge >= 0.3 is 7.82 Å². The van der Waals surface area contributed by atoms with Crippen LogP contribution >= 0.6 is 19.4 Å². The lowest BCUT2D eigenvalue weighted by atomic mass is 10.0. The normalized spacial score (nSPS) is 13.1. The molecule has 282 valence electrons. The number of unbranched alkanes of at least 4 members (excludes halogenated alkanes) is 15. The topological polar surface area (TPSA) is 77.5 Å². The van der Waals surface area contributed by atoms with Crippen molar-refractivity contribution in [2.45, 2.75) is 143 Å². The van der Waals surface area contributed by atoms with Crippen LogP contribution in [0.25, 0.3) is 0 Å². The highest BCUT2D eigenvalue weighted by Crippen LogP contribution is 2.45. The van der Waals surface area contributed by atoms with Crippen molar-refractivity contribution in [3.05, 3.63) is 65.2 Å². The van der Waals surface area contributed by atoms with Crippen molar-refractivity contribution in [2.75, 3.05) is 39.5 Å². The van der Waals surface area contributed by atoms with Crippen LogP contribution in [0.3, 0.4) is 0 Å². The van der Waals surface area contributed by atoms with E-state index in [0.717, 1.165) is 18.4 Å². The third kappa shape index (κ3) is 26.1. The molecule has 0 amide bonds. The van der Waals surface area contributed by atoms with E-state index in [1.165, 1.54) is 116 Å². The van der Waals surface area contributed by atoms with Crippen molar-refractivity contribution in [3.63, 3.8) is 0 Å². The summed E-state index contributed by atoms with van der Waals surface area (Å²) in [7, 11) is -4.39. The zero-order chi connectivity index (χ0) is 35.8. The lowest BCUT2D eigenvalue weighted by Gasteiger charge is -2.20. The summed E-state index contributed by atoms with van der Waals surface area (Å²) in [4.78, 5) is 12.6. The van der Waals surface area contributed by atoms with Gasteiger partial charge in [0, 0.05) is 6.61 Å². The molecule has 9 heteroatoms. The first-order valence-corrected chi connectivity index (χ1v) is 21.1. The minimum Gasteiger partial charge on any atom is -0.403 e. The van der Waals surface area contributed by atoms with Gasteiger partial charge in [-0.3, -0.25) is 9.42 Å². The van der Waals surface area contributed by atoms with E-state index in [1.807, 2.05) is 30.3 Å². The Kier molecular flexibility index (Phi) is 29.1. The Morgan fingerprint density at radius 3 is 1.65 bits per heavy atom. The summed E-state index contributed by atoms with van der Waals surface area (Å²) < 4.78 is 34.7. The molecule has 7 nitrogen and oxygen atoms in total. The van der Waals surface area contributed by atoms with Gasteiger partial charge in [0.15, 0.2) is 0 Å². The molecule has 0 spiro atoms. The number of rotatable bonds is 30. The van der Waals surface area contributed by atoms with Crippen LogP contribution in [0.4, 0.5) is 0 Å². The molecule has 0 aliphatic heterocycles. The number of halogens is 1. The maximum atomic E-state index is 12.5. The van der Waals surface area contributed by atoms with Crippen molar-refractivity contribution in [1.29, 1.82) is 0 Å². The van der Waals surface area contributed by atoms with Crippen molar-refractivity contribution < 1.29 is 28.0 Å². The SMILES string of the molecule is CCCCCCCCCCCCCCCCCCOC[C@H](COP(=O)(O)Oc1ccccc1Cl)OCc1ccccc1.CCN(CC)CC. The number of phosphoric acid groups is 1. The van der Waals surface area contributed by atoms with Crippen LogP contribution < -0.4 is 4.52 Å². The van der Waals surface area contributed by atoms with Crippen LogP contribution in [0.2, 0.25) is 5.02 Å². The third-order valence-corrected chi connectivity index (χ3v) is 9.81. The molecule has 0 saturated carbocycles. The number of para-hydroxylation sites is 1. The molecule has 0 heterocycles. The summed E-state index contributed by atoms with van der Waals surface area (Å²) in [6, 6.07) is 16.2. The molecule has 2 aromatic carbocycles. The molecular formula is C40H69ClNO6P. The molecule has 2 rings (SSSR count). The van der Waals surface area contributed by atoms with Gasteiger partial charge in [0.1, 0.15) is 11.9 Å². The van der Waals surface area contributed by atoms with Crippen LogP contribution in [-0.4, -0.2) is 55.4 Å². The molecule has 0 aliphatic rings. The van der Waals surface area contributed by atoms with E-state index in [-0.39, 0.29) is 24.0 Å². The molecule has 2 atom stereocenters. The van der Waals surface area contributed by atoms with Crippen LogP contribution in [0, 0.1) is 0 Å². The first-order chi connectivity index (χ1) is 23.8. The van der Waals surface area contributed by atoms with Gasteiger partial charge in [0.25, 0.3) is 0 Å². The van der Waals surface area contributed by atoms with E-state index >= 15 is 0 Å². The smallest absolute Gasteiger partial charge is 0.403 e. The fraction of sp³-hybridized carbons (Fsp3) is 0.700. The van der Waals surface area contributed by atoms with Crippen molar-refractivity contribution in [1.82, 2.24) is 4.90 Å². The standard InChI is InChI=1S/C34H54ClO6P.C6H15N/c1-2-3-4-5-6-7-8-9-10-11-12-13-14-15-16-22-27-38-29-32(39-28-31-23-18-17-19-24-31)30-40-42(36,37)41-34-26-21-20-25-33(34)35;1-4-7(5-2)6-3/h17-21,23-26,32H,2-16,22,27-30H2,1H3,(H,36,37);4-6H2,1-3H3/t32-;/m1./s1. The number of nitrogens with zero attached hydrogens (tertiary/aromatic N) is 1. The van der Waals surface area contributed by atoms with Crippen LogP contribution in [-0.2, 0) is 25.2 Å². The summed E-state index contributed by atoms with van der Waals surface area (Å²) in [6.07, 6.45) is 20.7. The van der Waals surface area contributed by atoms with E-state index in [2.05, 4.69) is 32.6 Å². The van der Waals surface area contributed by atoms with Gasteiger partial charge in [-0.05, 0) is 43.8 Å². The number of ether oxygens (including phenoxy) is 2. The number of benzene rings is 2. The first-order valence-electron chi connectivity index (χ1n) is 19.2. The molecule has 1 N–H and O–H groups in total. The summed E-state index contributed by atoms with van der Waals surface area (Å²) in [5, 5.41) is 0.231. The Morgan fingerprint density at radius 1 is 0.673 bits per heavy atom. The second-order valence-corrected chi connectivity index (χ2v) is 14.5. The predicted octanol–water partition coefficient (Wildman–Crippen LogP) is 12.0. The molecule has 0 saturated heterocycles. The summed E-state index contributed by atoms with van der Waals surface area (Å²) in [5.74, 6) is 0.0894. The minimum atomic E-state index is -4.39. The number of hydrogen-bond acceptors (Lipinski definition) is 6. The molecule has 0 radical (unpaired) electrons. The van der Waals surface area contributed by atoms with Crippen molar-refractivity contribution in [3.8, 4) is 5.75 Å². The number of phosphoric ester groups is 1. The third-order valence-electron chi connectivity index (χ3n) is 8.59. The molecule has 0 aliphatic carbocycles. The molecule has 49 heavy (non-hydrogen) atoms. The summed E-state index contributed by atoms with van der Waals surface area (Å²) in [5.41, 5.74) is 1.000. The highest BCUT2D eigenvalue weighted by Gasteiger charge is 2.26. The van der Waals surface area contributed by atoms with E-state index in [1.54, 1.807) is 18.2 Å². The first kappa shape index (κ1) is 45.6. The fourth-order valence-corrected chi connectivity index (χ4v) is 6.46. The van der Waals surface area contributed by atoms with Crippen LogP contribution in [0.1, 0.15) is 136 Å². The Balaban J connectivity index is 0.00000154. The highest BCUT2D eigenvalue weighted by molar-refractivity contribution is 7.47. The second-order valence-electron chi connectivity index (χ2n) is 12.7. The summed E-state index contributed by atoms with van der Waals surface area (Å²) >= 11 is 6.04. The average Bonchev–Trinajstić information content (AvgIpc) is 3.11. The average molecular weight is 726 g/mol. The van der Waals surface area contributed by atoms with E-state index in [9.17, 15) is 9.46 Å². The lowest BCUT2D eigenvalue weighted by molar-refractivity contribution is -0.0489. The zero-order valence-corrected chi connectivity index (χ0v) is 32.9. The van der Waals surface area contributed by atoms with Crippen molar-refractivity contribution >= 4 is 19.4 Å². The van der Waals surface area contributed by atoms with Crippen LogP contribution in [0.15, 0.2) is 54.6 Å². The molecule has 0 bridgehead atoms. The zero-order valence-electron chi connectivity index (χ0n) is 31.3. The van der Waals surface area contributed by atoms with Gasteiger partial charge in [-0.2, -0.15) is 0 Å². The maximum Gasteiger partial charge on any atom is 0.527 e.